The second-order valence-electron chi connectivity index (χ2n) is 4.68. The lowest BCUT2D eigenvalue weighted by Gasteiger charge is -2.08. The van der Waals surface area contributed by atoms with Gasteiger partial charge in [0.25, 0.3) is 5.91 Å². The Hall–Kier alpha value is -2.40. The number of carbonyl (C=O) groups excluding carboxylic acids is 2. The number of carbonyl (C=O) groups is 2. The van der Waals surface area contributed by atoms with E-state index in [2.05, 4.69) is 10.6 Å². The summed E-state index contributed by atoms with van der Waals surface area (Å²) in [6.07, 6.45) is 0. The second kappa shape index (κ2) is 7.04. The van der Waals surface area contributed by atoms with Gasteiger partial charge >= 0.3 is 0 Å². The van der Waals surface area contributed by atoms with E-state index in [9.17, 15) is 14.0 Å². The van der Waals surface area contributed by atoms with E-state index in [1.54, 1.807) is 24.3 Å². The van der Waals surface area contributed by atoms with Gasteiger partial charge in [0.1, 0.15) is 5.82 Å². The number of nitrogens with one attached hydrogen (secondary N) is 2. The van der Waals surface area contributed by atoms with Crippen molar-refractivity contribution in [1.82, 2.24) is 5.32 Å². The van der Waals surface area contributed by atoms with Crippen molar-refractivity contribution in [2.75, 3.05) is 5.32 Å². The van der Waals surface area contributed by atoms with Gasteiger partial charge in [0, 0.05) is 24.1 Å². The third kappa shape index (κ3) is 4.30. The first-order valence-corrected chi connectivity index (χ1v) is 6.93. The molecule has 2 rings (SSSR count). The van der Waals surface area contributed by atoms with Crippen molar-refractivity contribution in [3.63, 3.8) is 0 Å². The molecule has 0 aliphatic carbocycles. The van der Waals surface area contributed by atoms with E-state index < -0.39 is 11.7 Å². The van der Waals surface area contributed by atoms with Crippen LogP contribution in [0.1, 0.15) is 22.8 Å². The number of hydrogen-bond donors (Lipinski definition) is 2. The van der Waals surface area contributed by atoms with Gasteiger partial charge < -0.3 is 10.6 Å². The van der Waals surface area contributed by atoms with E-state index in [0.29, 0.717) is 17.1 Å². The van der Waals surface area contributed by atoms with Crippen LogP contribution in [-0.4, -0.2) is 11.8 Å². The fraction of sp³-hybridized carbons (Fsp3) is 0.125. The highest BCUT2D eigenvalue weighted by molar-refractivity contribution is 6.31. The highest BCUT2D eigenvalue weighted by Gasteiger charge is 2.10. The van der Waals surface area contributed by atoms with E-state index in [1.165, 1.54) is 25.1 Å². The van der Waals surface area contributed by atoms with Gasteiger partial charge in [-0.15, -0.1) is 0 Å². The summed E-state index contributed by atoms with van der Waals surface area (Å²) in [6, 6.07) is 10.6. The molecule has 4 nitrogen and oxygen atoms in total. The lowest BCUT2D eigenvalue weighted by Crippen LogP contribution is -2.19. The minimum atomic E-state index is -0.556. The van der Waals surface area contributed by atoms with Crippen LogP contribution >= 0.6 is 11.6 Å². The van der Waals surface area contributed by atoms with Gasteiger partial charge in [0.15, 0.2) is 0 Å². The Morgan fingerprint density at radius 3 is 2.45 bits per heavy atom. The molecule has 0 bridgehead atoms. The maximum Gasteiger partial charge on any atom is 0.255 e. The highest BCUT2D eigenvalue weighted by Crippen LogP contribution is 2.20. The molecule has 0 unspecified atom stereocenters. The van der Waals surface area contributed by atoms with Crippen LogP contribution in [0.5, 0.6) is 0 Å². The summed E-state index contributed by atoms with van der Waals surface area (Å²) in [7, 11) is 0. The molecule has 114 valence electrons. The van der Waals surface area contributed by atoms with Crippen molar-refractivity contribution in [3.8, 4) is 0 Å². The highest BCUT2D eigenvalue weighted by atomic mass is 35.5. The predicted octanol–water partition coefficient (Wildman–Crippen LogP) is 3.37. The molecule has 0 saturated heterocycles. The Labute approximate surface area is 132 Å². The zero-order valence-electron chi connectivity index (χ0n) is 11.8. The van der Waals surface area contributed by atoms with Gasteiger partial charge in [-0.2, -0.15) is 0 Å². The van der Waals surface area contributed by atoms with Crippen LogP contribution in [0.3, 0.4) is 0 Å². The monoisotopic (exact) mass is 320 g/mol. The summed E-state index contributed by atoms with van der Waals surface area (Å²) in [5.74, 6) is -1.12. The van der Waals surface area contributed by atoms with Crippen molar-refractivity contribution in [2.24, 2.45) is 0 Å². The summed E-state index contributed by atoms with van der Waals surface area (Å²) >= 11 is 5.77. The summed E-state index contributed by atoms with van der Waals surface area (Å²) in [5, 5.41) is 5.46. The molecule has 0 aliphatic heterocycles. The minimum absolute atomic E-state index is 0.0276. The van der Waals surface area contributed by atoms with Crippen molar-refractivity contribution >= 4 is 29.1 Å². The maximum atomic E-state index is 13.6. The van der Waals surface area contributed by atoms with Gasteiger partial charge in [-0.1, -0.05) is 23.7 Å². The van der Waals surface area contributed by atoms with Crippen molar-refractivity contribution < 1.29 is 14.0 Å². The molecule has 2 aromatic rings. The Morgan fingerprint density at radius 1 is 1.14 bits per heavy atom. The Balaban J connectivity index is 2.06. The van der Waals surface area contributed by atoms with Crippen LogP contribution in [0.2, 0.25) is 5.02 Å². The number of amides is 2. The predicted molar refractivity (Wildman–Crippen MR) is 83.3 cm³/mol. The lowest BCUT2D eigenvalue weighted by molar-refractivity contribution is -0.119. The standard InChI is InChI=1S/C16H14ClFN2O2/c1-10(21)19-9-11-2-4-12(5-3-11)16(22)20-15-8-13(17)6-7-14(15)18/h2-8H,9H2,1H3,(H,19,21)(H,20,22). The van der Waals surface area contributed by atoms with E-state index >= 15 is 0 Å². The molecule has 0 heterocycles. The van der Waals surface area contributed by atoms with Gasteiger partial charge in [0.05, 0.1) is 5.69 Å². The van der Waals surface area contributed by atoms with Gasteiger partial charge in [-0.3, -0.25) is 9.59 Å². The van der Waals surface area contributed by atoms with Crippen molar-refractivity contribution in [1.29, 1.82) is 0 Å². The second-order valence-corrected chi connectivity index (χ2v) is 5.12. The molecule has 0 radical (unpaired) electrons. The third-order valence-electron chi connectivity index (χ3n) is 2.93. The molecule has 0 spiro atoms. The van der Waals surface area contributed by atoms with Crippen molar-refractivity contribution in [3.05, 3.63) is 64.4 Å². The Morgan fingerprint density at radius 2 is 1.82 bits per heavy atom. The summed E-state index contributed by atoms with van der Waals surface area (Å²) in [5.41, 5.74) is 1.27. The molecule has 2 N–H and O–H groups in total. The molecule has 0 aromatic heterocycles. The van der Waals surface area contributed by atoms with Crippen LogP contribution in [0.15, 0.2) is 42.5 Å². The normalized spacial score (nSPS) is 10.1. The van der Waals surface area contributed by atoms with Crippen LogP contribution < -0.4 is 10.6 Å². The van der Waals surface area contributed by atoms with Crippen molar-refractivity contribution in [2.45, 2.75) is 13.5 Å². The van der Waals surface area contributed by atoms with Crippen LogP contribution in [0.25, 0.3) is 0 Å². The number of benzene rings is 2. The average molecular weight is 321 g/mol. The van der Waals surface area contributed by atoms with E-state index in [-0.39, 0.29) is 11.6 Å². The van der Waals surface area contributed by atoms with E-state index in [1.807, 2.05) is 0 Å². The molecule has 0 aliphatic rings. The summed E-state index contributed by atoms with van der Waals surface area (Å²) in [6.45, 7) is 1.82. The number of halogens is 2. The van der Waals surface area contributed by atoms with Gasteiger partial charge in [0.2, 0.25) is 5.91 Å². The zero-order valence-corrected chi connectivity index (χ0v) is 12.6. The zero-order chi connectivity index (χ0) is 16.1. The van der Waals surface area contributed by atoms with Crippen LogP contribution in [-0.2, 0) is 11.3 Å². The third-order valence-corrected chi connectivity index (χ3v) is 3.17. The molecule has 22 heavy (non-hydrogen) atoms. The van der Waals surface area contributed by atoms with Gasteiger partial charge in [-0.05, 0) is 35.9 Å². The molecule has 6 heteroatoms. The molecule has 2 aromatic carbocycles. The number of rotatable bonds is 4. The first kappa shape index (κ1) is 16.0. The molecular weight excluding hydrogens is 307 g/mol. The smallest absolute Gasteiger partial charge is 0.255 e. The molecular formula is C16H14ClFN2O2. The number of anilines is 1. The summed E-state index contributed by atoms with van der Waals surface area (Å²) in [4.78, 5) is 22.9. The maximum absolute atomic E-state index is 13.6. The molecule has 0 atom stereocenters. The first-order valence-electron chi connectivity index (χ1n) is 6.55. The quantitative estimate of drug-likeness (QED) is 0.907. The average Bonchev–Trinajstić information content (AvgIpc) is 2.49. The van der Waals surface area contributed by atoms with Crippen LogP contribution in [0.4, 0.5) is 10.1 Å². The lowest BCUT2D eigenvalue weighted by atomic mass is 10.1. The fourth-order valence-electron chi connectivity index (χ4n) is 1.79. The minimum Gasteiger partial charge on any atom is -0.352 e. The molecule has 0 saturated carbocycles. The van der Waals surface area contributed by atoms with E-state index in [0.717, 1.165) is 5.56 Å². The first-order chi connectivity index (χ1) is 10.5. The SMILES string of the molecule is CC(=O)NCc1ccc(C(=O)Nc2cc(Cl)ccc2F)cc1. The topological polar surface area (TPSA) is 58.2 Å². The van der Waals surface area contributed by atoms with E-state index in [4.69, 9.17) is 11.6 Å². The summed E-state index contributed by atoms with van der Waals surface area (Å²) < 4.78 is 13.6. The van der Waals surface area contributed by atoms with Crippen LogP contribution in [0, 0.1) is 5.82 Å². The Kier molecular flexibility index (Phi) is 5.12. The number of hydrogen-bond acceptors (Lipinski definition) is 2. The Bertz CT molecular complexity index is 702. The largest absolute Gasteiger partial charge is 0.352 e. The molecule has 0 fully saturated rings. The van der Waals surface area contributed by atoms with Gasteiger partial charge in [-0.25, -0.2) is 4.39 Å². The molecule has 2 amide bonds. The fourth-order valence-corrected chi connectivity index (χ4v) is 1.96.